The second-order valence-electron chi connectivity index (χ2n) is 8.66. The van der Waals surface area contributed by atoms with Crippen molar-refractivity contribution in [1.29, 1.82) is 0 Å². The number of hydrogen-bond donors (Lipinski definition) is 1. The first-order valence-corrected chi connectivity index (χ1v) is 9.81. The lowest BCUT2D eigenvalue weighted by Gasteiger charge is -2.56. The molecule has 0 spiro atoms. The van der Waals surface area contributed by atoms with Gasteiger partial charge in [-0.15, -0.1) is 6.42 Å². The van der Waals surface area contributed by atoms with Crippen molar-refractivity contribution in [3.63, 3.8) is 0 Å². The Morgan fingerprint density at radius 3 is 2.79 bits per heavy atom. The largest absolute Gasteiger partial charge is 0.377 e. The molecule has 0 amide bonds. The van der Waals surface area contributed by atoms with Crippen LogP contribution in [0.15, 0.2) is 16.8 Å². The summed E-state index contributed by atoms with van der Waals surface area (Å²) in [5.41, 5.74) is 0.541. The molecule has 4 aliphatic carbocycles. The molecule has 3 fully saturated rings. The van der Waals surface area contributed by atoms with Crippen LogP contribution in [0.25, 0.3) is 0 Å². The lowest BCUT2D eigenvalue weighted by atomic mass is 9.49. The lowest BCUT2D eigenvalue weighted by Crippen LogP contribution is -2.53. The van der Waals surface area contributed by atoms with E-state index >= 15 is 0 Å². The first kappa shape index (κ1) is 16.3. The maximum absolute atomic E-state index is 11.1. The van der Waals surface area contributed by atoms with Crippen LogP contribution in [0.1, 0.15) is 64.7 Å². The summed E-state index contributed by atoms with van der Waals surface area (Å²) in [6, 6.07) is -0.0934. The fourth-order valence-electron chi connectivity index (χ4n) is 7.18. The van der Waals surface area contributed by atoms with Crippen molar-refractivity contribution in [1.82, 2.24) is 0 Å². The number of terminal acetylenes is 1. The van der Waals surface area contributed by atoms with E-state index in [-0.39, 0.29) is 11.5 Å². The number of rotatable bonds is 2. The maximum atomic E-state index is 11.1. The number of aliphatic hydroxyl groups is 1. The Kier molecular flexibility index (Phi) is 3.88. The Bertz CT molecular complexity index is 605. The molecule has 3 heteroatoms. The van der Waals surface area contributed by atoms with Crippen LogP contribution < -0.4 is 0 Å². The summed E-state index contributed by atoms with van der Waals surface area (Å²) in [5.74, 6) is 5.44. The summed E-state index contributed by atoms with van der Waals surface area (Å²) in [6.45, 7) is 2.22. The molecule has 7 unspecified atom stereocenters. The lowest BCUT2D eigenvalue weighted by molar-refractivity contribution is -0.0994. The van der Waals surface area contributed by atoms with Gasteiger partial charge in [-0.2, -0.15) is 4.91 Å². The van der Waals surface area contributed by atoms with E-state index < -0.39 is 5.60 Å². The number of nitroso groups, excluding NO2 is 1. The summed E-state index contributed by atoms with van der Waals surface area (Å²) in [6.07, 6.45) is 17.4. The predicted molar refractivity (Wildman–Crippen MR) is 95.1 cm³/mol. The second kappa shape index (κ2) is 5.70. The minimum atomic E-state index is -0.896. The van der Waals surface area contributed by atoms with Crippen molar-refractivity contribution in [2.75, 3.05) is 0 Å². The summed E-state index contributed by atoms with van der Waals surface area (Å²) in [4.78, 5) is 10.9. The van der Waals surface area contributed by atoms with Crippen LogP contribution in [-0.4, -0.2) is 16.7 Å². The van der Waals surface area contributed by atoms with Crippen molar-refractivity contribution in [2.45, 2.75) is 76.4 Å². The van der Waals surface area contributed by atoms with Gasteiger partial charge in [0, 0.05) is 5.41 Å². The van der Waals surface area contributed by atoms with Gasteiger partial charge in [0.05, 0.1) is 0 Å². The van der Waals surface area contributed by atoms with Gasteiger partial charge in [0.2, 0.25) is 0 Å². The van der Waals surface area contributed by atoms with E-state index in [4.69, 9.17) is 6.42 Å². The maximum Gasteiger partial charge on any atom is 0.131 e. The molecule has 1 N–H and O–H groups in total. The van der Waals surface area contributed by atoms with E-state index in [1.807, 2.05) is 0 Å². The standard InChI is InChI=1S/C21H29NO2/c1-3-20-11-9-17-16-8-6-15(22-24)13-14(16)5-7-18(17)19(20)10-12-21(20,23)4-2/h2,13,15-19,23H,3,5-12H2,1H3. The zero-order chi connectivity index (χ0) is 16.9. The van der Waals surface area contributed by atoms with Gasteiger partial charge in [0.1, 0.15) is 11.6 Å². The summed E-state index contributed by atoms with van der Waals surface area (Å²) in [7, 11) is 0. The van der Waals surface area contributed by atoms with Gasteiger partial charge in [-0.1, -0.05) is 29.7 Å². The average molecular weight is 327 g/mol. The molecular weight excluding hydrogens is 298 g/mol. The van der Waals surface area contributed by atoms with Crippen molar-refractivity contribution >= 4 is 0 Å². The van der Waals surface area contributed by atoms with Crippen LogP contribution in [0.5, 0.6) is 0 Å². The highest BCUT2D eigenvalue weighted by Crippen LogP contribution is 2.66. The summed E-state index contributed by atoms with van der Waals surface area (Å²) < 4.78 is 0. The van der Waals surface area contributed by atoms with Gasteiger partial charge in [-0.3, -0.25) is 0 Å². The fraction of sp³-hybridized carbons (Fsp3) is 0.810. The topological polar surface area (TPSA) is 49.7 Å². The molecule has 0 aromatic carbocycles. The van der Waals surface area contributed by atoms with E-state index in [9.17, 15) is 10.0 Å². The molecule has 0 bridgehead atoms. The van der Waals surface area contributed by atoms with Crippen molar-refractivity contribution in [3.8, 4) is 12.3 Å². The third kappa shape index (κ3) is 2.02. The van der Waals surface area contributed by atoms with E-state index in [1.54, 1.807) is 0 Å². The van der Waals surface area contributed by atoms with Gasteiger partial charge < -0.3 is 5.11 Å². The Morgan fingerprint density at radius 2 is 2.08 bits per heavy atom. The van der Waals surface area contributed by atoms with Gasteiger partial charge in [-0.05, 0) is 81.5 Å². The average Bonchev–Trinajstić information content (AvgIpc) is 2.94. The van der Waals surface area contributed by atoms with Crippen molar-refractivity contribution in [3.05, 3.63) is 16.6 Å². The molecule has 0 aromatic heterocycles. The molecule has 0 aromatic rings. The van der Waals surface area contributed by atoms with Crippen molar-refractivity contribution < 1.29 is 5.11 Å². The molecule has 0 aliphatic heterocycles. The third-order valence-corrected chi connectivity index (χ3v) is 8.29. The molecule has 3 nitrogen and oxygen atoms in total. The molecule has 24 heavy (non-hydrogen) atoms. The van der Waals surface area contributed by atoms with Crippen LogP contribution in [0, 0.1) is 46.3 Å². The first-order chi connectivity index (χ1) is 11.6. The van der Waals surface area contributed by atoms with E-state index in [1.165, 1.54) is 18.4 Å². The Balaban J connectivity index is 1.64. The molecule has 0 heterocycles. The van der Waals surface area contributed by atoms with Crippen LogP contribution in [-0.2, 0) is 0 Å². The van der Waals surface area contributed by atoms with Crippen molar-refractivity contribution in [2.24, 2.45) is 34.3 Å². The fourth-order valence-corrected chi connectivity index (χ4v) is 7.18. The minimum Gasteiger partial charge on any atom is -0.377 e. The quantitative estimate of drug-likeness (QED) is 0.463. The molecular formula is C21H29NO2. The normalized spacial score (nSPS) is 50.0. The first-order valence-electron chi connectivity index (χ1n) is 9.81. The highest BCUT2D eigenvalue weighted by Gasteiger charge is 2.63. The Hall–Kier alpha value is -1.14. The Labute approximate surface area is 145 Å². The van der Waals surface area contributed by atoms with E-state index in [2.05, 4.69) is 24.1 Å². The zero-order valence-electron chi connectivity index (χ0n) is 14.7. The molecule has 4 aliphatic rings. The van der Waals surface area contributed by atoms with Gasteiger partial charge in [0.25, 0.3) is 0 Å². The van der Waals surface area contributed by atoms with E-state index in [0.717, 1.165) is 50.9 Å². The number of allylic oxidation sites excluding steroid dienone is 1. The van der Waals surface area contributed by atoms with Gasteiger partial charge >= 0.3 is 0 Å². The highest BCUT2D eigenvalue weighted by molar-refractivity contribution is 5.26. The zero-order valence-corrected chi connectivity index (χ0v) is 14.7. The molecule has 7 atom stereocenters. The molecule has 3 saturated carbocycles. The minimum absolute atomic E-state index is 0.0638. The SMILES string of the molecule is C#CC1(O)CCC2C3CCC4=CC(N=O)CCC4C3CCC21CC. The van der Waals surface area contributed by atoms with Gasteiger partial charge in [-0.25, -0.2) is 0 Å². The summed E-state index contributed by atoms with van der Waals surface area (Å²) >= 11 is 0. The highest BCUT2D eigenvalue weighted by atomic mass is 16.3. The van der Waals surface area contributed by atoms with E-state index in [0.29, 0.717) is 17.8 Å². The molecule has 0 saturated heterocycles. The summed E-state index contributed by atoms with van der Waals surface area (Å²) in [5, 5.41) is 14.4. The monoisotopic (exact) mass is 327 g/mol. The van der Waals surface area contributed by atoms with Crippen LogP contribution in [0.4, 0.5) is 0 Å². The van der Waals surface area contributed by atoms with Crippen LogP contribution in [0.2, 0.25) is 0 Å². The van der Waals surface area contributed by atoms with Crippen LogP contribution >= 0.6 is 0 Å². The number of hydrogen-bond acceptors (Lipinski definition) is 3. The molecule has 130 valence electrons. The molecule has 4 rings (SSSR count). The smallest absolute Gasteiger partial charge is 0.131 e. The number of fused-ring (bicyclic) bond motifs is 5. The van der Waals surface area contributed by atoms with Crippen LogP contribution in [0.3, 0.4) is 0 Å². The third-order valence-electron chi connectivity index (χ3n) is 8.29. The van der Waals surface area contributed by atoms with Gasteiger partial charge in [0.15, 0.2) is 0 Å². The Morgan fingerprint density at radius 1 is 1.25 bits per heavy atom. The predicted octanol–water partition coefficient (Wildman–Crippen LogP) is 4.45. The molecule has 0 radical (unpaired) electrons. The number of nitrogens with zero attached hydrogens (tertiary/aromatic N) is 1. The second-order valence-corrected chi connectivity index (χ2v) is 8.66.